The number of halogens is 3. The van der Waals surface area contributed by atoms with E-state index in [4.69, 9.17) is 9.68 Å². The first-order valence-corrected chi connectivity index (χ1v) is 9.21. The summed E-state index contributed by atoms with van der Waals surface area (Å²) >= 11 is 0. The fourth-order valence-electron chi connectivity index (χ4n) is 2.32. The molecule has 0 radical (unpaired) electrons. The summed E-state index contributed by atoms with van der Waals surface area (Å²) in [5, 5.41) is 0. The molecule has 0 aliphatic carbocycles. The standard InChI is InChI=1S/C22H18F3N3O3/c23-15-1-7-18(8-2-15)26-21(30-27-19-9-3-16(24)4-10-19)13-14-22(29)31-28-20-11-5-17(25)6-12-20/h1-12,27-28H,13-14H2. The molecule has 160 valence electrons. The van der Waals surface area contributed by atoms with Gasteiger partial charge in [0.15, 0.2) is 0 Å². The molecule has 0 fully saturated rings. The largest absolute Gasteiger partial charge is 0.366 e. The second kappa shape index (κ2) is 10.7. The van der Waals surface area contributed by atoms with Crippen molar-refractivity contribution in [1.82, 2.24) is 0 Å². The summed E-state index contributed by atoms with van der Waals surface area (Å²) in [7, 11) is 0. The fourth-order valence-corrected chi connectivity index (χ4v) is 2.32. The van der Waals surface area contributed by atoms with E-state index >= 15 is 0 Å². The predicted molar refractivity (Wildman–Crippen MR) is 110 cm³/mol. The average Bonchev–Trinajstić information content (AvgIpc) is 2.77. The molecule has 9 heteroatoms. The molecule has 0 amide bonds. The molecule has 6 nitrogen and oxygen atoms in total. The molecule has 0 saturated carbocycles. The van der Waals surface area contributed by atoms with Crippen LogP contribution in [-0.4, -0.2) is 11.9 Å². The van der Waals surface area contributed by atoms with Crippen LogP contribution in [0.15, 0.2) is 77.8 Å². The number of carbonyl (C=O) groups is 1. The maximum Gasteiger partial charge on any atom is 0.332 e. The number of hydrogen-bond donors (Lipinski definition) is 2. The summed E-state index contributed by atoms with van der Waals surface area (Å²) in [5.41, 5.74) is 6.33. The van der Waals surface area contributed by atoms with Gasteiger partial charge in [0.25, 0.3) is 0 Å². The van der Waals surface area contributed by atoms with Crippen molar-refractivity contribution in [3.8, 4) is 0 Å². The highest BCUT2D eigenvalue weighted by atomic mass is 19.1. The van der Waals surface area contributed by atoms with E-state index in [1.54, 1.807) is 0 Å². The Morgan fingerprint density at radius 3 is 1.65 bits per heavy atom. The lowest BCUT2D eigenvalue weighted by Crippen LogP contribution is -2.15. The van der Waals surface area contributed by atoms with Gasteiger partial charge in [-0.15, -0.1) is 0 Å². The van der Waals surface area contributed by atoms with Crippen LogP contribution >= 0.6 is 0 Å². The lowest BCUT2D eigenvalue weighted by molar-refractivity contribution is -0.140. The van der Waals surface area contributed by atoms with Crippen molar-refractivity contribution in [3.05, 3.63) is 90.2 Å². The number of benzene rings is 3. The van der Waals surface area contributed by atoms with Crippen molar-refractivity contribution in [2.45, 2.75) is 12.8 Å². The Morgan fingerprint density at radius 2 is 1.13 bits per heavy atom. The molecule has 0 aliphatic rings. The highest BCUT2D eigenvalue weighted by molar-refractivity contribution is 5.84. The monoisotopic (exact) mass is 429 g/mol. The minimum absolute atomic E-state index is 0.0511. The number of nitrogens with one attached hydrogen (secondary N) is 2. The first-order valence-electron chi connectivity index (χ1n) is 9.21. The minimum atomic E-state index is -0.610. The third-order valence-electron chi connectivity index (χ3n) is 3.88. The smallest absolute Gasteiger partial charge is 0.332 e. The van der Waals surface area contributed by atoms with Gasteiger partial charge in [-0.25, -0.2) is 33.9 Å². The van der Waals surface area contributed by atoms with E-state index < -0.39 is 23.4 Å². The van der Waals surface area contributed by atoms with Crippen molar-refractivity contribution in [3.63, 3.8) is 0 Å². The van der Waals surface area contributed by atoms with Crippen LogP contribution in [0.3, 0.4) is 0 Å². The van der Waals surface area contributed by atoms with E-state index in [0.29, 0.717) is 17.1 Å². The summed E-state index contributed by atoms with van der Waals surface area (Å²) in [6.45, 7) is 0. The Balaban J connectivity index is 1.59. The molecule has 0 atom stereocenters. The summed E-state index contributed by atoms with van der Waals surface area (Å²) in [6.07, 6.45) is -0.0468. The quantitative estimate of drug-likeness (QED) is 0.280. The van der Waals surface area contributed by atoms with Crippen LogP contribution in [0.5, 0.6) is 0 Å². The molecule has 2 N–H and O–H groups in total. The molecule has 0 heterocycles. The van der Waals surface area contributed by atoms with E-state index in [-0.39, 0.29) is 18.7 Å². The van der Waals surface area contributed by atoms with Gasteiger partial charge in [-0.1, -0.05) is 0 Å². The predicted octanol–water partition coefficient (Wildman–Crippen LogP) is 5.53. The molecule has 0 aromatic heterocycles. The first kappa shape index (κ1) is 21.7. The van der Waals surface area contributed by atoms with Gasteiger partial charge in [0.2, 0.25) is 5.90 Å². The third-order valence-corrected chi connectivity index (χ3v) is 3.88. The Hall–Kier alpha value is -4.01. The summed E-state index contributed by atoms with van der Waals surface area (Å²) in [4.78, 5) is 26.6. The molecule has 0 unspecified atom stereocenters. The van der Waals surface area contributed by atoms with E-state index in [1.165, 1.54) is 72.8 Å². The first-order chi connectivity index (χ1) is 15.0. The summed E-state index contributed by atoms with van der Waals surface area (Å²) < 4.78 is 39.0. The zero-order chi connectivity index (χ0) is 22.1. The van der Waals surface area contributed by atoms with Gasteiger partial charge in [0.05, 0.1) is 23.5 Å². The SMILES string of the molecule is O=C(CCC(=Nc1ccc(F)cc1)ONc1ccc(F)cc1)ONc1ccc(F)cc1. The zero-order valence-corrected chi connectivity index (χ0v) is 16.1. The van der Waals surface area contributed by atoms with Crippen LogP contribution in [0, 0.1) is 17.5 Å². The van der Waals surface area contributed by atoms with Gasteiger partial charge >= 0.3 is 5.97 Å². The molecule has 0 spiro atoms. The van der Waals surface area contributed by atoms with Crippen molar-refractivity contribution in [2.24, 2.45) is 4.99 Å². The van der Waals surface area contributed by atoms with E-state index in [1.807, 2.05) is 0 Å². The van der Waals surface area contributed by atoms with Crippen LogP contribution in [0.4, 0.5) is 30.2 Å². The van der Waals surface area contributed by atoms with Crippen molar-refractivity contribution < 1.29 is 27.6 Å². The van der Waals surface area contributed by atoms with Crippen LogP contribution in [0.1, 0.15) is 12.8 Å². The highest BCUT2D eigenvalue weighted by Crippen LogP contribution is 2.16. The Labute approximate surface area is 176 Å². The van der Waals surface area contributed by atoms with Crippen molar-refractivity contribution in [1.29, 1.82) is 0 Å². The van der Waals surface area contributed by atoms with Crippen molar-refractivity contribution in [2.75, 3.05) is 11.0 Å². The van der Waals surface area contributed by atoms with Crippen LogP contribution in [0.2, 0.25) is 0 Å². The van der Waals surface area contributed by atoms with Gasteiger partial charge in [-0.05, 0) is 72.8 Å². The minimum Gasteiger partial charge on any atom is -0.366 e. The number of aliphatic imine (C=N–C) groups is 1. The topological polar surface area (TPSA) is 72.0 Å². The fraction of sp³-hybridized carbons (Fsp3) is 0.0909. The third kappa shape index (κ3) is 7.39. The Morgan fingerprint density at radius 1 is 0.677 bits per heavy atom. The zero-order valence-electron chi connectivity index (χ0n) is 16.1. The number of hydrogen-bond acceptors (Lipinski definition) is 6. The highest BCUT2D eigenvalue weighted by Gasteiger charge is 2.10. The summed E-state index contributed by atoms with van der Waals surface area (Å²) in [6, 6.07) is 16.1. The van der Waals surface area contributed by atoms with Gasteiger partial charge in [0, 0.05) is 6.42 Å². The maximum absolute atomic E-state index is 13.1. The van der Waals surface area contributed by atoms with E-state index in [2.05, 4.69) is 16.0 Å². The van der Waals surface area contributed by atoms with Crippen LogP contribution in [0.25, 0.3) is 0 Å². The number of nitrogens with zero attached hydrogens (tertiary/aromatic N) is 1. The van der Waals surface area contributed by atoms with Gasteiger partial charge in [-0.3, -0.25) is 0 Å². The normalized spacial score (nSPS) is 11.0. The Kier molecular flexibility index (Phi) is 7.47. The van der Waals surface area contributed by atoms with Gasteiger partial charge < -0.3 is 9.68 Å². The second-order valence-corrected chi connectivity index (χ2v) is 6.28. The lowest BCUT2D eigenvalue weighted by atomic mass is 10.3. The molecule has 0 aliphatic heterocycles. The number of carbonyl (C=O) groups excluding carboxylic acids is 1. The van der Waals surface area contributed by atoms with Gasteiger partial charge in [0.1, 0.15) is 17.5 Å². The average molecular weight is 429 g/mol. The van der Waals surface area contributed by atoms with Crippen LogP contribution in [-0.2, 0) is 14.5 Å². The molecule has 0 bridgehead atoms. The second-order valence-electron chi connectivity index (χ2n) is 6.28. The van der Waals surface area contributed by atoms with Crippen LogP contribution < -0.4 is 11.0 Å². The molecule has 31 heavy (non-hydrogen) atoms. The lowest BCUT2D eigenvalue weighted by Gasteiger charge is -2.11. The number of anilines is 2. The molecule has 0 saturated heterocycles. The Bertz CT molecular complexity index is 1020. The molecular weight excluding hydrogens is 411 g/mol. The van der Waals surface area contributed by atoms with E-state index in [0.717, 1.165) is 0 Å². The van der Waals surface area contributed by atoms with Gasteiger partial charge in [-0.2, -0.15) is 0 Å². The number of rotatable bonds is 8. The maximum atomic E-state index is 13.1. The molecule has 3 aromatic carbocycles. The molecule has 3 aromatic rings. The summed E-state index contributed by atoms with van der Waals surface area (Å²) in [5.74, 6) is -1.72. The van der Waals surface area contributed by atoms with Crippen molar-refractivity contribution >= 4 is 28.9 Å². The molecular formula is C22H18F3N3O3. The molecule has 3 rings (SSSR count). The van der Waals surface area contributed by atoms with E-state index in [9.17, 15) is 18.0 Å².